The molecule has 0 spiro atoms. The zero-order valence-electron chi connectivity index (χ0n) is 11.2. The molecule has 0 amide bonds. The Labute approximate surface area is 144 Å². The van der Waals surface area contributed by atoms with Gasteiger partial charge in [-0.1, -0.05) is 55.6 Å². The Morgan fingerprint density at radius 2 is 1.95 bits per heavy atom. The highest BCUT2D eigenvalue weighted by molar-refractivity contribution is 9.11. The topological polar surface area (TPSA) is 25.2 Å². The van der Waals surface area contributed by atoms with Crippen LogP contribution in [0.3, 0.4) is 0 Å². The van der Waals surface area contributed by atoms with Gasteiger partial charge in [0.1, 0.15) is 5.76 Å². The molecule has 1 aromatic heterocycles. The lowest BCUT2D eigenvalue weighted by atomic mass is 10.0. The normalized spacial score (nSPS) is 12.8. The van der Waals surface area contributed by atoms with E-state index in [1.54, 1.807) is 0 Å². The summed E-state index contributed by atoms with van der Waals surface area (Å²) in [4.78, 5) is 0. The average Bonchev–Trinajstić information content (AvgIpc) is 2.89. The first kappa shape index (κ1) is 15.1. The Kier molecular flexibility index (Phi) is 4.41. The first-order chi connectivity index (χ1) is 10.1. The summed E-state index contributed by atoms with van der Waals surface area (Å²) in [5.74, 6) is 0.833. The SMILES string of the molecule is CNC(c1cc2cccc(Cl)c2o1)c1cc(Br)ccc1Br. The number of benzene rings is 2. The second-order valence-electron chi connectivity index (χ2n) is 4.69. The summed E-state index contributed by atoms with van der Waals surface area (Å²) in [5, 5.41) is 4.93. The van der Waals surface area contributed by atoms with Crippen molar-refractivity contribution in [2.45, 2.75) is 6.04 Å². The lowest BCUT2D eigenvalue weighted by Crippen LogP contribution is -2.17. The molecular formula is C16H12Br2ClNO. The van der Waals surface area contributed by atoms with Crippen molar-refractivity contribution < 1.29 is 4.42 Å². The van der Waals surface area contributed by atoms with E-state index in [2.05, 4.69) is 43.2 Å². The van der Waals surface area contributed by atoms with Gasteiger partial charge < -0.3 is 9.73 Å². The molecule has 0 aliphatic carbocycles. The van der Waals surface area contributed by atoms with Gasteiger partial charge >= 0.3 is 0 Å². The molecule has 0 radical (unpaired) electrons. The minimum atomic E-state index is -0.0552. The highest BCUT2D eigenvalue weighted by Gasteiger charge is 2.20. The molecule has 1 N–H and O–H groups in total. The van der Waals surface area contributed by atoms with Crippen molar-refractivity contribution in [2.75, 3.05) is 7.05 Å². The summed E-state index contributed by atoms with van der Waals surface area (Å²) in [6.45, 7) is 0. The molecule has 0 bridgehead atoms. The molecule has 0 aliphatic heterocycles. The van der Waals surface area contributed by atoms with Crippen molar-refractivity contribution in [3.8, 4) is 0 Å². The van der Waals surface area contributed by atoms with Crippen molar-refractivity contribution in [1.82, 2.24) is 5.32 Å². The Morgan fingerprint density at radius 1 is 1.14 bits per heavy atom. The Morgan fingerprint density at radius 3 is 2.67 bits per heavy atom. The van der Waals surface area contributed by atoms with Crippen LogP contribution in [-0.2, 0) is 0 Å². The minimum Gasteiger partial charge on any atom is -0.457 e. The molecule has 1 atom stereocenters. The van der Waals surface area contributed by atoms with Gasteiger partial charge in [-0.05, 0) is 42.9 Å². The molecular weight excluding hydrogens is 417 g/mol. The van der Waals surface area contributed by atoms with E-state index in [4.69, 9.17) is 16.0 Å². The predicted molar refractivity (Wildman–Crippen MR) is 94.0 cm³/mol. The zero-order valence-corrected chi connectivity index (χ0v) is 15.1. The molecule has 0 aliphatic rings. The van der Waals surface area contributed by atoms with Crippen molar-refractivity contribution in [1.29, 1.82) is 0 Å². The number of para-hydroxylation sites is 1. The summed E-state index contributed by atoms with van der Waals surface area (Å²) in [6.07, 6.45) is 0. The number of hydrogen-bond donors (Lipinski definition) is 1. The summed E-state index contributed by atoms with van der Waals surface area (Å²) >= 11 is 13.3. The second-order valence-corrected chi connectivity index (χ2v) is 6.87. The van der Waals surface area contributed by atoms with Crippen LogP contribution in [0.5, 0.6) is 0 Å². The van der Waals surface area contributed by atoms with Crippen LogP contribution in [0.15, 0.2) is 55.8 Å². The molecule has 1 heterocycles. The van der Waals surface area contributed by atoms with Crippen LogP contribution >= 0.6 is 43.5 Å². The van der Waals surface area contributed by atoms with Gasteiger partial charge in [-0.25, -0.2) is 0 Å². The fraction of sp³-hybridized carbons (Fsp3) is 0.125. The fourth-order valence-corrected chi connectivity index (χ4v) is 3.45. The number of fused-ring (bicyclic) bond motifs is 1. The molecule has 21 heavy (non-hydrogen) atoms. The van der Waals surface area contributed by atoms with Crippen LogP contribution < -0.4 is 5.32 Å². The monoisotopic (exact) mass is 427 g/mol. The fourth-order valence-electron chi connectivity index (χ4n) is 2.38. The van der Waals surface area contributed by atoms with E-state index in [1.807, 2.05) is 43.4 Å². The number of rotatable bonds is 3. The van der Waals surface area contributed by atoms with Gasteiger partial charge in [-0.15, -0.1) is 0 Å². The van der Waals surface area contributed by atoms with Gasteiger partial charge in [-0.2, -0.15) is 0 Å². The quantitative estimate of drug-likeness (QED) is 0.559. The molecule has 3 aromatic rings. The third kappa shape index (κ3) is 2.90. The summed E-state index contributed by atoms with van der Waals surface area (Å²) in [7, 11) is 1.91. The maximum atomic E-state index is 6.19. The second kappa shape index (κ2) is 6.13. The van der Waals surface area contributed by atoms with Crippen LogP contribution in [-0.4, -0.2) is 7.05 Å². The van der Waals surface area contributed by atoms with Gasteiger partial charge in [0.15, 0.2) is 5.58 Å². The first-order valence-corrected chi connectivity index (χ1v) is 8.36. The molecule has 0 saturated carbocycles. The van der Waals surface area contributed by atoms with E-state index < -0.39 is 0 Å². The van der Waals surface area contributed by atoms with Gasteiger partial charge in [-0.3, -0.25) is 0 Å². The van der Waals surface area contributed by atoms with E-state index in [1.165, 1.54) is 0 Å². The number of hydrogen-bond acceptors (Lipinski definition) is 2. The number of halogens is 3. The van der Waals surface area contributed by atoms with Crippen molar-refractivity contribution >= 4 is 54.4 Å². The van der Waals surface area contributed by atoms with Crippen LogP contribution in [0.1, 0.15) is 17.4 Å². The standard InChI is InChI=1S/C16H12Br2ClNO/c1-20-15(11-8-10(17)5-6-12(11)18)14-7-9-3-2-4-13(19)16(9)21-14/h2-8,15,20H,1H3. The number of furan rings is 1. The third-order valence-corrected chi connectivity index (χ3v) is 4.87. The minimum absolute atomic E-state index is 0.0552. The van der Waals surface area contributed by atoms with Crippen molar-refractivity contribution in [3.63, 3.8) is 0 Å². The Hall–Kier alpha value is -0.810. The smallest absolute Gasteiger partial charge is 0.152 e. The largest absolute Gasteiger partial charge is 0.457 e. The van der Waals surface area contributed by atoms with Gasteiger partial charge in [0.05, 0.1) is 11.1 Å². The van der Waals surface area contributed by atoms with Gasteiger partial charge in [0, 0.05) is 14.3 Å². The maximum absolute atomic E-state index is 6.19. The summed E-state index contributed by atoms with van der Waals surface area (Å²) in [5.41, 5.74) is 1.82. The van der Waals surface area contributed by atoms with E-state index in [-0.39, 0.29) is 6.04 Å². The van der Waals surface area contributed by atoms with Crippen LogP contribution in [0, 0.1) is 0 Å². The average molecular weight is 430 g/mol. The number of nitrogens with one attached hydrogen (secondary N) is 1. The Balaban J connectivity index is 2.13. The van der Waals surface area contributed by atoms with Gasteiger partial charge in [0.25, 0.3) is 0 Å². The maximum Gasteiger partial charge on any atom is 0.152 e. The van der Waals surface area contributed by atoms with E-state index in [9.17, 15) is 0 Å². The molecule has 3 rings (SSSR count). The molecule has 5 heteroatoms. The Bertz CT molecular complexity index is 800. The molecule has 108 valence electrons. The third-order valence-electron chi connectivity index (χ3n) is 3.36. The lowest BCUT2D eigenvalue weighted by molar-refractivity contribution is 0.491. The molecule has 1 unspecified atom stereocenters. The van der Waals surface area contributed by atoms with E-state index in [0.717, 1.165) is 31.2 Å². The lowest BCUT2D eigenvalue weighted by Gasteiger charge is -2.16. The zero-order chi connectivity index (χ0) is 15.0. The van der Waals surface area contributed by atoms with Crippen LogP contribution in [0.2, 0.25) is 5.02 Å². The molecule has 0 saturated heterocycles. The summed E-state index contributed by atoms with van der Waals surface area (Å²) < 4.78 is 8.02. The molecule has 0 fully saturated rings. The predicted octanol–water partition coefficient (Wildman–Crippen LogP) is 5.92. The highest BCUT2D eigenvalue weighted by atomic mass is 79.9. The summed E-state index contributed by atoms with van der Waals surface area (Å²) in [6, 6.07) is 13.8. The first-order valence-electron chi connectivity index (χ1n) is 6.40. The van der Waals surface area contributed by atoms with Crippen LogP contribution in [0.4, 0.5) is 0 Å². The van der Waals surface area contributed by atoms with Crippen molar-refractivity contribution in [2.24, 2.45) is 0 Å². The van der Waals surface area contributed by atoms with E-state index in [0.29, 0.717) is 5.02 Å². The van der Waals surface area contributed by atoms with Crippen LogP contribution in [0.25, 0.3) is 11.0 Å². The van der Waals surface area contributed by atoms with Gasteiger partial charge in [0.2, 0.25) is 0 Å². The molecule has 2 aromatic carbocycles. The highest BCUT2D eigenvalue weighted by Crippen LogP contribution is 2.35. The van der Waals surface area contributed by atoms with E-state index >= 15 is 0 Å². The van der Waals surface area contributed by atoms with Crippen molar-refractivity contribution in [3.05, 3.63) is 67.8 Å². The molecule has 2 nitrogen and oxygen atoms in total.